The van der Waals surface area contributed by atoms with Gasteiger partial charge in [0.2, 0.25) is 0 Å². The molecule has 39 heavy (non-hydrogen) atoms. The molecular weight excluding hydrogens is 508 g/mol. The molecule has 1 aliphatic rings. The van der Waals surface area contributed by atoms with Gasteiger partial charge in [0, 0.05) is 51.4 Å². The Bertz CT molecular complexity index is 1960. The minimum Gasteiger partial charge on any atom is -0.471 e. The summed E-state index contributed by atoms with van der Waals surface area (Å²) < 4.78 is 14.5. The van der Waals surface area contributed by atoms with Gasteiger partial charge in [-0.15, -0.1) is 0 Å². The third kappa shape index (κ3) is 3.80. The molecule has 0 N–H and O–H groups in total. The van der Waals surface area contributed by atoms with Crippen molar-refractivity contribution < 1.29 is 9.15 Å². The summed E-state index contributed by atoms with van der Waals surface area (Å²) in [5, 5.41) is 3.81. The van der Waals surface area contributed by atoms with Crippen LogP contribution in [0.2, 0.25) is 5.02 Å². The predicted octanol–water partition coefficient (Wildman–Crippen LogP) is 7.83. The van der Waals surface area contributed by atoms with Gasteiger partial charge in [-0.2, -0.15) is 0 Å². The Morgan fingerprint density at radius 3 is 2.49 bits per heavy atom. The zero-order chi connectivity index (χ0) is 26.7. The van der Waals surface area contributed by atoms with Crippen LogP contribution in [0, 0.1) is 6.92 Å². The summed E-state index contributed by atoms with van der Waals surface area (Å²) in [6, 6.07) is 26.9. The number of fused-ring (bicyclic) bond motifs is 6. The van der Waals surface area contributed by atoms with Gasteiger partial charge in [0.1, 0.15) is 11.3 Å². The molecule has 6 aromatic rings. The van der Waals surface area contributed by atoms with Crippen LogP contribution in [0.15, 0.2) is 88.1 Å². The zero-order valence-electron chi connectivity index (χ0n) is 21.8. The molecular formula is C33H27ClN2O3. The van der Waals surface area contributed by atoms with Crippen molar-refractivity contribution in [1.82, 2.24) is 4.57 Å². The maximum Gasteiger partial charge on any atom is 0.340 e. The largest absolute Gasteiger partial charge is 0.471 e. The first-order valence-corrected chi connectivity index (χ1v) is 13.6. The molecule has 0 atom stereocenters. The number of aryl methyl sites for hydroxylation is 2. The summed E-state index contributed by atoms with van der Waals surface area (Å²) in [6.07, 6.45) is 0.508. The van der Waals surface area contributed by atoms with Crippen LogP contribution in [0.4, 0.5) is 5.69 Å². The van der Waals surface area contributed by atoms with Crippen molar-refractivity contribution in [2.45, 2.75) is 33.4 Å². The second-order valence-electron chi connectivity index (χ2n) is 10.1. The Balaban J connectivity index is 1.33. The lowest BCUT2D eigenvalue weighted by Crippen LogP contribution is -2.32. The van der Waals surface area contributed by atoms with Gasteiger partial charge in [0.05, 0.1) is 17.1 Å². The number of rotatable bonds is 4. The SMILES string of the molecule is CCn1c2ccccc2c2cc(N3COc4c(Cl)cc5c(C)c(Cc6ccccc6)c(=O)oc5c4C3)ccc21. The first kappa shape index (κ1) is 23.9. The Morgan fingerprint density at radius 2 is 1.67 bits per heavy atom. The Morgan fingerprint density at radius 1 is 0.897 bits per heavy atom. The second kappa shape index (κ2) is 9.21. The van der Waals surface area contributed by atoms with E-state index in [1.165, 1.54) is 21.8 Å². The minimum absolute atomic E-state index is 0.320. The molecule has 0 spiro atoms. The topological polar surface area (TPSA) is 47.6 Å². The first-order chi connectivity index (χ1) is 19.0. The van der Waals surface area contributed by atoms with E-state index in [2.05, 4.69) is 58.9 Å². The highest BCUT2D eigenvalue weighted by atomic mass is 35.5. The Hall–Kier alpha value is -4.22. The van der Waals surface area contributed by atoms with Gasteiger partial charge in [-0.25, -0.2) is 4.79 Å². The molecule has 4 aromatic carbocycles. The standard InChI is InChI=1S/C33H27ClN2O3/c1-3-36-29-12-8-7-11-23(29)26-16-22(13-14-30(26)36)35-18-27-31-24(17-28(34)32(27)38-19-35)20(2)25(33(37)39-31)15-21-9-5-4-6-10-21/h4-14,16-17H,3,15,18-19H2,1-2H3. The summed E-state index contributed by atoms with van der Waals surface area (Å²) in [5.41, 5.74) is 7.10. The fourth-order valence-corrected chi connectivity index (χ4v) is 6.24. The van der Waals surface area contributed by atoms with E-state index in [0.717, 1.165) is 34.3 Å². The fraction of sp³-hybridized carbons (Fsp3) is 0.182. The zero-order valence-corrected chi connectivity index (χ0v) is 22.6. The summed E-state index contributed by atoms with van der Waals surface area (Å²) in [7, 11) is 0. The minimum atomic E-state index is -0.320. The molecule has 0 unspecified atom stereocenters. The predicted molar refractivity (Wildman–Crippen MR) is 158 cm³/mol. The molecule has 0 saturated carbocycles. The van der Waals surface area contributed by atoms with Gasteiger partial charge >= 0.3 is 5.63 Å². The van der Waals surface area contributed by atoms with E-state index < -0.39 is 0 Å². The molecule has 6 heteroatoms. The van der Waals surface area contributed by atoms with Crippen LogP contribution in [-0.4, -0.2) is 11.3 Å². The van der Waals surface area contributed by atoms with Gasteiger partial charge in [0.15, 0.2) is 6.73 Å². The quantitative estimate of drug-likeness (QED) is 0.216. The van der Waals surface area contributed by atoms with E-state index in [1.807, 2.05) is 43.3 Å². The number of benzene rings is 4. The average Bonchev–Trinajstić information content (AvgIpc) is 3.29. The summed E-state index contributed by atoms with van der Waals surface area (Å²) in [5.74, 6) is 0.586. The van der Waals surface area contributed by atoms with E-state index in [4.69, 9.17) is 20.8 Å². The van der Waals surface area contributed by atoms with Gasteiger partial charge in [-0.3, -0.25) is 0 Å². The normalized spacial score (nSPS) is 13.3. The first-order valence-electron chi connectivity index (χ1n) is 13.2. The second-order valence-corrected chi connectivity index (χ2v) is 10.5. The Kier molecular flexibility index (Phi) is 5.64. The van der Waals surface area contributed by atoms with Crippen LogP contribution >= 0.6 is 11.6 Å². The summed E-state index contributed by atoms with van der Waals surface area (Å²) in [6.45, 7) is 5.92. The molecule has 0 aliphatic carbocycles. The lowest BCUT2D eigenvalue weighted by atomic mass is 9.97. The maximum atomic E-state index is 13.2. The lowest BCUT2D eigenvalue weighted by Gasteiger charge is -2.32. The van der Waals surface area contributed by atoms with Crippen LogP contribution in [0.1, 0.15) is 29.2 Å². The van der Waals surface area contributed by atoms with Crippen molar-refractivity contribution in [3.63, 3.8) is 0 Å². The van der Waals surface area contributed by atoms with Crippen LogP contribution in [0.5, 0.6) is 5.75 Å². The van der Waals surface area contributed by atoms with E-state index in [9.17, 15) is 4.79 Å². The molecule has 0 radical (unpaired) electrons. The smallest absolute Gasteiger partial charge is 0.340 e. The molecule has 0 amide bonds. The number of ether oxygens (including phenoxy) is 1. The van der Waals surface area contributed by atoms with Crippen molar-refractivity contribution in [1.29, 1.82) is 0 Å². The summed E-state index contributed by atoms with van der Waals surface area (Å²) in [4.78, 5) is 15.4. The van der Waals surface area contributed by atoms with Crippen LogP contribution < -0.4 is 15.3 Å². The molecule has 1 aliphatic heterocycles. The molecule has 2 aromatic heterocycles. The van der Waals surface area contributed by atoms with Crippen molar-refractivity contribution in [2.75, 3.05) is 11.6 Å². The average molecular weight is 535 g/mol. The number of hydrogen-bond donors (Lipinski definition) is 0. The van der Waals surface area contributed by atoms with Gasteiger partial charge in [-0.1, -0.05) is 60.1 Å². The molecule has 0 fully saturated rings. The Labute approximate surface area is 230 Å². The highest BCUT2D eigenvalue weighted by Gasteiger charge is 2.27. The van der Waals surface area contributed by atoms with E-state index in [0.29, 0.717) is 41.6 Å². The number of para-hydroxylation sites is 1. The number of aromatic nitrogens is 1. The lowest BCUT2D eigenvalue weighted by molar-refractivity contribution is 0.289. The molecule has 0 bridgehead atoms. The fourth-order valence-electron chi connectivity index (χ4n) is 5.96. The highest BCUT2D eigenvalue weighted by Crippen LogP contribution is 2.41. The monoisotopic (exact) mass is 534 g/mol. The van der Waals surface area contributed by atoms with Crippen LogP contribution in [-0.2, 0) is 19.5 Å². The van der Waals surface area contributed by atoms with Crippen molar-refractivity contribution >= 4 is 50.1 Å². The van der Waals surface area contributed by atoms with Crippen molar-refractivity contribution in [2.24, 2.45) is 0 Å². The molecule has 7 rings (SSSR count). The number of nitrogens with zero attached hydrogens (tertiary/aromatic N) is 2. The molecule has 0 saturated heterocycles. The van der Waals surface area contributed by atoms with E-state index >= 15 is 0 Å². The number of hydrogen-bond acceptors (Lipinski definition) is 4. The molecule has 194 valence electrons. The van der Waals surface area contributed by atoms with Gasteiger partial charge in [-0.05, 0) is 55.3 Å². The van der Waals surface area contributed by atoms with Gasteiger partial charge in [0.25, 0.3) is 0 Å². The third-order valence-electron chi connectivity index (χ3n) is 7.95. The van der Waals surface area contributed by atoms with E-state index in [1.54, 1.807) is 0 Å². The number of anilines is 1. The van der Waals surface area contributed by atoms with Crippen LogP contribution in [0.3, 0.4) is 0 Å². The third-order valence-corrected chi connectivity index (χ3v) is 8.23. The van der Waals surface area contributed by atoms with Gasteiger partial charge < -0.3 is 18.6 Å². The van der Waals surface area contributed by atoms with Crippen molar-refractivity contribution in [3.05, 3.63) is 117 Å². The van der Waals surface area contributed by atoms with Crippen molar-refractivity contribution in [3.8, 4) is 5.75 Å². The van der Waals surface area contributed by atoms with Crippen LogP contribution in [0.25, 0.3) is 32.8 Å². The number of halogens is 1. The molecule has 3 heterocycles. The molecule has 5 nitrogen and oxygen atoms in total. The maximum absolute atomic E-state index is 13.2. The van der Waals surface area contributed by atoms with E-state index in [-0.39, 0.29) is 5.63 Å². The highest BCUT2D eigenvalue weighted by molar-refractivity contribution is 6.33. The summed E-state index contributed by atoms with van der Waals surface area (Å²) >= 11 is 6.74.